The molecule has 0 fully saturated rings. The van der Waals surface area contributed by atoms with E-state index in [-0.39, 0.29) is 5.75 Å². The SMILES string of the molecule is Oc1ccc(/C=C2/c3ccccc3CCc3c(Cl)cccc32)cc1. The lowest BCUT2D eigenvalue weighted by atomic mass is 9.92. The van der Waals surface area contributed by atoms with Gasteiger partial charge in [0.2, 0.25) is 0 Å². The summed E-state index contributed by atoms with van der Waals surface area (Å²) in [6.07, 6.45) is 4.11. The van der Waals surface area contributed by atoms with Gasteiger partial charge in [0.15, 0.2) is 0 Å². The van der Waals surface area contributed by atoms with Gasteiger partial charge in [-0.25, -0.2) is 0 Å². The van der Waals surface area contributed by atoms with Gasteiger partial charge in [0, 0.05) is 5.02 Å². The fraction of sp³-hybridized carbons (Fsp3) is 0.0909. The van der Waals surface area contributed by atoms with E-state index < -0.39 is 0 Å². The van der Waals surface area contributed by atoms with Gasteiger partial charge in [-0.2, -0.15) is 0 Å². The molecule has 1 aliphatic rings. The molecule has 2 heteroatoms. The van der Waals surface area contributed by atoms with Crippen LogP contribution in [0, 0.1) is 0 Å². The highest BCUT2D eigenvalue weighted by atomic mass is 35.5. The molecule has 1 nitrogen and oxygen atoms in total. The first-order valence-electron chi connectivity index (χ1n) is 8.09. The van der Waals surface area contributed by atoms with Crippen molar-refractivity contribution in [2.75, 3.05) is 0 Å². The molecule has 0 saturated carbocycles. The van der Waals surface area contributed by atoms with Crippen molar-refractivity contribution in [2.45, 2.75) is 12.8 Å². The molecule has 0 heterocycles. The fourth-order valence-corrected chi connectivity index (χ4v) is 3.63. The van der Waals surface area contributed by atoms with Crippen molar-refractivity contribution in [1.29, 1.82) is 0 Å². The molecule has 0 amide bonds. The summed E-state index contributed by atoms with van der Waals surface area (Å²) in [5, 5.41) is 10.4. The number of hydrogen-bond acceptors (Lipinski definition) is 1. The highest BCUT2D eigenvalue weighted by Gasteiger charge is 2.19. The molecule has 24 heavy (non-hydrogen) atoms. The van der Waals surface area contributed by atoms with Crippen LogP contribution in [0.25, 0.3) is 11.6 Å². The molecule has 0 aliphatic heterocycles. The standard InChI is InChI=1S/C22H17ClO/c23-22-7-3-6-19-20(22)13-10-16-4-1-2-5-18(16)21(19)14-15-8-11-17(24)12-9-15/h1-9,11-12,14,24H,10,13H2/b21-14-. The Morgan fingerprint density at radius 1 is 0.792 bits per heavy atom. The quantitative estimate of drug-likeness (QED) is 0.603. The molecule has 0 radical (unpaired) electrons. The normalized spacial score (nSPS) is 14.8. The maximum atomic E-state index is 9.52. The molecule has 3 aromatic rings. The van der Waals surface area contributed by atoms with Crippen LogP contribution < -0.4 is 0 Å². The van der Waals surface area contributed by atoms with Gasteiger partial charge in [-0.05, 0) is 70.5 Å². The van der Waals surface area contributed by atoms with E-state index in [0.717, 1.165) is 23.4 Å². The van der Waals surface area contributed by atoms with Gasteiger partial charge in [0.25, 0.3) is 0 Å². The van der Waals surface area contributed by atoms with E-state index in [4.69, 9.17) is 11.6 Å². The summed E-state index contributed by atoms with van der Waals surface area (Å²) in [5.41, 5.74) is 7.25. The molecule has 1 aliphatic carbocycles. The zero-order chi connectivity index (χ0) is 16.5. The van der Waals surface area contributed by atoms with Crippen LogP contribution in [-0.2, 0) is 12.8 Å². The predicted octanol–water partition coefficient (Wildman–Crippen LogP) is 5.73. The van der Waals surface area contributed by atoms with Gasteiger partial charge in [-0.15, -0.1) is 0 Å². The lowest BCUT2D eigenvalue weighted by Gasteiger charge is -2.13. The first-order chi connectivity index (χ1) is 11.7. The van der Waals surface area contributed by atoms with Crippen molar-refractivity contribution in [3.8, 4) is 5.75 Å². The number of halogens is 1. The summed E-state index contributed by atoms with van der Waals surface area (Å²) in [4.78, 5) is 0. The van der Waals surface area contributed by atoms with Crippen molar-refractivity contribution in [3.05, 3.63) is 99.6 Å². The van der Waals surface area contributed by atoms with Crippen LogP contribution in [0.3, 0.4) is 0 Å². The summed E-state index contributed by atoms with van der Waals surface area (Å²) in [7, 11) is 0. The third-order valence-electron chi connectivity index (χ3n) is 4.56. The molecule has 1 N–H and O–H groups in total. The van der Waals surface area contributed by atoms with E-state index in [1.807, 2.05) is 24.3 Å². The molecule has 0 bridgehead atoms. The third-order valence-corrected chi connectivity index (χ3v) is 4.92. The Bertz CT molecular complexity index is 923. The minimum atomic E-state index is 0.280. The molecular formula is C22H17ClO. The highest BCUT2D eigenvalue weighted by molar-refractivity contribution is 6.31. The van der Waals surface area contributed by atoms with Gasteiger partial charge in [0.1, 0.15) is 5.75 Å². The second-order valence-electron chi connectivity index (χ2n) is 6.07. The topological polar surface area (TPSA) is 20.2 Å². The van der Waals surface area contributed by atoms with Crippen molar-refractivity contribution in [3.63, 3.8) is 0 Å². The third kappa shape index (κ3) is 2.72. The molecule has 0 atom stereocenters. The first kappa shape index (κ1) is 15.0. The minimum Gasteiger partial charge on any atom is -0.508 e. The Morgan fingerprint density at radius 2 is 1.54 bits per heavy atom. The van der Waals surface area contributed by atoms with E-state index >= 15 is 0 Å². The minimum absolute atomic E-state index is 0.280. The molecule has 4 rings (SSSR count). The molecule has 0 saturated heterocycles. The highest BCUT2D eigenvalue weighted by Crippen LogP contribution is 2.37. The number of benzene rings is 3. The summed E-state index contributed by atoms with van der Waals surface area (Å²) >= 11 is 6.49. The number of phenolic OH excluding ortho intramolecular Hbond substituents is 1. The van der Waals surface area contributed by atoms with Gasteiger partial charge >= 0.3 is 0 Å². The van der Waals surface area contributed by atoms with Crippen molar-refractivity contribution in [2.24, 2.45) is 0 Å². The lowest BCUT2D eigenvalue weighted by molar-refractivity contribution is 0.475. The van der Waals surface area contributed by atoms with E-state index in [9.17, 15) is 5.11 Å². The smallest absolute Gasteiger partial charge is 0.115 e. The van der Waals surface area contributed by atoms with Gasteiger partial charge < -0.3 is 5.11 Å². The van der Waals surface area contributed by atoms with Crippen LogP contribution in [-0.4, -0.2) is 5.11 Å². The van der Waals surface area contributed by atoms with Crippen molar-refractivity contribution < 1.29 is 5.11 Å². The van der Waals surface area contributed by atoms with Crippen LogP contribution >= 0.6 is 11.6 Å². The van der Waals surface area contributed by atoms with Gasteiger partial charge in [-0.3, -0.25) is 0 Å². The summed E-state index contributed by atoms with van der Waals surface area (Å²) in [5.74, 6) is 0.280. The first-order valence-corrected chi connectivity index (χ1v) is 8.47. The molecule has 118 valence electrons. The van der Waals surface area contributed by atoms with Crippen molar-refractivity contribution >= 4 is 23.3 Å². The number of aryl methyl sites for hydroxylation is 1. The molecular weight excluding hydrogens is 316 g/mol. The fourth-order valence-electron chi connectivity index (χ4n) is 3.36. The van der Waals surface area contributed by atoms with Crippen LogP contribution in [0.4, 0.5) is 0 Å². The number of fused-ring (bicyclic) bond motifs is 2. The average Bonchev–Trinajstić information content (AvgIpc) is 2.76. The zero-order valence-electron chi connectivity index (χ0n) is 13.2. The molecule has 0 spiro atoms. The summed E-state index contributed by atoms with van der Waals surface area (Å²) < 4.78 is 0. The largest absolute Gasteiger partial charge is 0.508 e. The monoisotopic (exact) mass is 332 g/mol. The van der Waals surface area contributed by atoms with E-state index in [2.05, 4.69) is 36.4 Å². The van der Waals surface area contributed by atoms with Crippen molar-refractivity contribution in [1.82, 2.24) is 0 Å². The second kappa shape index (κ2) is 6.18. The predicted molar refractivity (Wildman–Crippen MR) is 100 cm³/mol. The summed E-state index contributed by atoms with van der Waals surface area (Å²) in [6.45, 7) is 0. The summed E-state index contributed by atoms with van der Waals surface area (Å²) in [6, 6.07) is 22.0. The van der Waals surface area contributed by atoms with Gasteiger partial charge in [0.05, 0.1) is 0 Å². The maximum absolute atomic E-state index is 9.52. The Balaban J connectivity index is 1.97. The number of phenols is 1. The Kier molecular flexibility index (Phi) is 3.87. The van der Waals surface area contributed by atoms with Crippen LogP contribution in [0.5, 0.6) is 5.75 Å². The van der Waals surface area contributed by atoms with E-state index in [0.29, 0.717) is 0 Å². The average molecular weight is 333 g/mol. The van der Waals surface area contributed by atoms with Gasteiger partial charge in [-0.1, -0.05) is 60.1 Å². The lowest BCUT2D eigenvalue weighted by Crippen LogP contribution is -1.93. The molecule has 0 unspecified atom stereocenters. The van der Waals surface area contributed by atoms with Crippen LogP contribution in [0.15, 0.2) is 66.7 Å². The van der Waals surface area contributed by atoms with Crippen LogP contribution in [0.2, 0.25) is 5.02 Å². The number of aromatic hydroxyl groups is 1. The Hall–Kier alpha value is -2.51. The Morgan fingerprint density at radius 3 is 2.38 bits per heavy atom. The molecule has 3 aromatic carbocycles. The van der Waals surface area contributed by atoms with E-state index in [1.54, 1.807) is 12.1 Å². The number of hydrogen-bond donors (Lipinski definition) is 1. The van der Waals surface area contributed by atoms with E-state index in [1.165, 1.54) is 27.8 Å². The Labute approximate surface area is 146 Å². The molecule has 0 aromatic heterocycles. The zero-order valence-corrected chi connectivity index (χ0v) is 13.9. The second-order valence-corrected chi connectivity index (χ2v) is 6.48. The van der Waals surface area contributed by atoms with Crippen LogP contribution in [0.1, 0.15) is 27.8 Å². The number of rotatable bonds is 1. The maximum Gasteiger partial charge on any atom is 0.115 e.